The van der Waals surface area contributed by atoms with Crippen LogP contribution in [0.4, 0.5) is 19.0 Å². The second kappa shape index (κ2) is 7.63. The third kappa shape index (κ3) is 3.40. The van der Waals surface area contributed by atoms with Gasteiger partial charge in [0.1, 0.15) is 11.9 Å². The summed E-state index contributed by atoms with van der Waals surface area (Å²) < 4.78 is 49.4. The van der Waals surface area contributed by atoms with Gasteiger partial charge in [-0.05, 0) is 38.1 Å². The largest absolute Gasteiger partial charge is 0.482 e. The summed E-state index contributed by atoms with van der Waals surface area (Å²) in [7, 11) is 0. The summed E-state index contributed by atoms with van der Waals surface area (Å²) in [5, 5.41) is 5.02. The molecule has 164 valence electrons. The highest BCUT2D eigenvalue weighted by atomic mass is 32.1. The van der Waals surface area contributed by atoms with Crippen molar-refractivity contribution in [3.8, 4) is 28.3 Å². The lowest BCUT2D eigenvalue weighted by atomic mass is 9.99. The molecule has 5 rings (SSSR count). The molecule has 1 aliphatic rings. The lowest BCUT2D eigenvalue weighted by molar-refractivity contribution is 0.152. The molecule has 3 aromatic heterocycles. The number of anilines is 1. The standard InChI is InChI=1S/C22H18F3N5OS/c1-10-15-6-13(23)3-4-14(15)19-18(32-11(2)29-19)9-30-20(16(8-28-30)21(24)25)12-5-17(31-10)22(26)27-7-12/h3-8,10,21H,9H2,1-2H3,(H2,26,27). The zero-order chi connectivity index (χ0) is 22.6. The molecule has 0 saturated carbocycles. The third-order valence-electron chi connectivity index (χ3n) is 5.37. The van der Waals surface area contributed by atoms with Crippen LogP contribution in [0.25, 0.3) is 22.5 Å². The maximum Gasteiger partial charge on any atom is 0.267 e. The van der Waals surface area contributed by atoms with E-state index in [2.05, 4.69) is 15.1 Å². The Hall–Kier alpha value is -3.40. The van der Waals surface area contributed by atoms with Crippen molar-refractivity contribution in [3.05, 3.63) is 63.5 Å². The summed E-state index contributed by atoms with van der Waals surface area (Å²) in [6, 6.07) is 5.99. The van der Waals surface area contributed by atoms with Gasteiger partial charge in [-0.25, -0.2) is 23.1 Å². The number of benzene rings is 1. The number of nitrogens with two attached hydrogens (primary N) is 1. The molecule has 1 aromatic carbocycles. The molecule has 0 spiro atoms. The predicted molar refractivity (Wildman–Crippen MR) is 115 cm³/mol. The van der Waals surface area contributed by atoms with Crippen LogP contribution < -0.4 is 10.5 Å². The fourth-order valence-corrected chi connectivity index (χ4v) is 4.87. The van der Waals surface area contributed by atoms with Crippen LogP contribution in [0.1, 0.15) is 40.5 Å². The van der Waals surface area contributed by atoms with Gasteiger partial charge in [-0.2, -0.15) is 5.10 Å². The lowest BCUT2D eigenvalue weighted by Gasteiger charge is -2.21. The summed E-state index contributed by atoms with van der Waals surface area (Å²) in [5.74, 6) is -0.0884. The second-order valence-corrected chi connectivity index (χ2v) is 8.80. The number of pyridine rings is 1. The molecule has 2 bridgehead atoms. The smallest absolute Gasteiger partial charge is 0.267 e. The first kappa shape index (κ1) is 20.5. The van der Waals surface area contributed by atoms with E-state index in [0.717, 1.165) is 16.1 Å². The number of nitrogens with zero attached hydrogens (tertiary/aromatic N) is 4. The number of ether oxygens (including phenoxy) is 1. The number of aromatic nitrogens is 4. The molecule has 6 nitrogen and oxygen atoms in total. The van der Waals surface area contributed by atoms with Crippen molar-refractivity contribution in [2.75, 3.05) is 5.73 Å². The van der Waals surface area contributed by atoms with E-state index in [1.165, 1.54) is 34.3 Å². The molecule has 2 N–H and O–H groups in total. The maximum absolute atomic E-state index is 14.2. The summed E-state index contributed by atoms with van der Waals surface area (Å²) in [6.45, 7) is 3.85. The van der Waals surface area contributed by atoms with Crippen molar-refractivity contribution in [2.24, 2.45) is 0 Å². The van der Waals surface area contributed by atoms with E-state index < -0.39 is 18.3 Å². The number of hydrogen-bond donors (Lipinski definition) is 1. The van der Waals surface area contributed by atoms with E-state index in [0.29, 0.717) is 22.4 Å². The molecule has 4 aromatic rings. The highest BCUT2D eigenvalue weighted by Gasteiger charge is 2.26. The second-order valence-electron chi connectivity index (χ2n) is 7.51. The Kier molecular flexibility index (Phi) is 4.89. The van der Waals surface area contributed by atoms with Gasteiger partial charge in [0.2, 0.25) is 0 Å². The lowest BCUT2D eigenvalue weighted by Crippen LogP contribution is -2.11. The molecule has 0 saturated heterocycles. The molecule has 10 heteroatoms. The average molecular weight is 457 g/mol. The van der Waals surface area contributed by atoms with Gasteiger partial charge in [-0.3, -0.25) is 4.68 Å². The zero-order valence-corrected chi connectivity index (χ0v) is 18.0. The Morgan fingerprint density at radius 2 is 2.06 bits per heavy atom. The normalized spacial score (nSPS) is 15.2. The fraction of sp³-hybridized carbons (Fsp3) is 0.227. The number of rotatable bonds is 1. The van der Waals surface area contributed by atoms with Crippen LogP contribution in [0.5, 0.6) is 5.75 Å². The Morgan fingerprint density at radius 1 is 1.25 bits per heavy atom. The topological polar surface area (TPSA) is 78.9 Å². The molecule has 0 amide bonds. The minimum atomic E-state index is -2.72. The molecular formula is C22H18F3N5OS. The molecule has 1 atom stereocenters. The zero-order valence-electron chi connectivity index (χ0n) is 17.1. The predicted octanol–water partition coefficient (Wildman–Crippen LogP) is 5.54. The highest BCUT2D eigenvalue weighted by molar-refractivity contribution is 7.12. The highest BCUT2D eigenvalue weighted by Crippen LogP contribution is 2.40. The van der Waals surface area contributed by atoms with Crippen LogP contribution in [0.15, 0.2) is 36.7 Å². The van der Waals surface area contributed by atoms with E-state index in [4.69, 9.17) is 10.5 Å². The van der Waals surface area contributed by atoms with Crippen LogP contribution in [0.3, 0.4) is 0 Å². The number of nitrogen functional groups attached to an aromatic ring is 1. The Morgan fingerprint density at radius 3 is 2.84 bits per heavy atom. The monoisotopic (exact) mass is 457 g/mol. The van der Waals surface area contributed by atoms with Crippen LogP contribution in [0.2, 0.25) is 0 Å². The number of halogens is 3. The first-order valence-corrected chi connectivity index (χ1v) is 10.7. The number of thiazole rings is 1. The number of hydrogen-bond acceptors (Lipinski definition) is 6. The van der Waals surface area contributed by atoms with Crippen molar-refractivity contribution >= 4 is 17.2 Å². The first-order valence-electron chi connectivity index (χ1n) is 9.84. The average Bonchev–Trinajstić information content (AvgIpc) is 3.32. The van der Waals surface area contributed by atoms with Gasteiger partial charge < -0.3 is 10.5 Å². The summed E-state index contributed by atoms with van der Waals surface area (Å²) in [6.07, 6.45) is -0.742. The first-order chi connectivity index (χ1) is 15.3. The SMILES string of the molecule is Cc1nc2c(s1)Cn1ncc(C(F)F)c1-c1cnc(N)c(c1)OC(C)c1cc(F)ccc1-2. The number of fused-ring (bicyclic) bond motifs is 7. The van der Waals surface area contributed by atoms with Gasteiger partial charge in [-0.1, -0.05) is 0 Å². The molecule has 0 aliphatic carbocycles. The molecule has 4 heterocycles. The van der Waals surface area contributed by atoms with Gasteiger partial charge >= 0.3 is 0 Å². The van der Waals surface area contributed by atoms with E-state index in [-0.39, 0.29) is 29.4 Å². The van der Waals surface area contributed by atoms with Gasteiger partial charge in [0.05, 0.1) is 39.6 Å². The third-order valence-corrected chi connectivity index (χ3v) is 6.32. The molecular weight excluding hydrogens is 439 g/mol. The minimum absolute atomic E-state index is 0.102. The van der Waals surface area contributed by atoms with Crippen molar-refractivity contribution in [1.29, 1.82) is 0 Å². The number of alkyl halides is 2. The minimum Gasteiger partial charge on any atom is -0.482 e. The number of aryl methyl sites for hydroxylation is 1. The molecule has 0 fully saturated rings. The van der Waals surface area contributed by atoms with Crippen LogP contribution in [-0.2, 0) is 6.54 Å². The van der Waals surface area contributed by atoms with E-state index in [1.807, 2.05) is 6.92 Å². The van der Waals surface area contributed by atoms with Crippen molar-refractivity contribution in [2.45, 2.75) is 32.9 Å². The molecule has 1 aliphatic heterocycles. The molecule has 0 radical (unpaired) electrons. The Balaban J connectivity index is 1.81. The summed E-state index contributed by atoms with van der Waals surface area (Å²) >= 11 is 1.44. The van der Waals surface area contributed by atoms with Crippen molar-refractivity contribution < 1.29 is 17.9 Å². The Bertz CT molecular complexity index is 1330. The summed E-state index contributed by atoms with van der Waals surface area (Å²) in [4.78, 5) is 9.62. The fourth-order valence-electron chi connectivity index (χ4n) is 3.94. The van der Waals surface area contributed by atoms with E-state index in [1.54, 1.807) is 19.1 Å². The van der Waals surface area contributed by atoms with Gasteiger partial charge in [-0.15, -0.1) is 11.3 Å². The Labute approximate surface area is 185 Å². The van der Waals surface area contributed by atoms with Crippen LogP contribution in [-0.4, -0.2) is 19.7 Å². The van der Waals surface area contributed by atoms with Crippen LogP contribution in [0, 0.1) is 12.7 Å². The summed E-state index contributed by atoms with van der Waals surface area (Å²) in [5.41, 5.74) is 8.37. The van der Waals surface area contributed by atoms with Crippen molar-refractivity contribution in [3.63, 3.8) is 0 Å². The van der Waals surface area contributed by atoms with Crippen molar-refractivity contribution in [1.82, 2.24) is 19.7 Å². The van der Waals surface area contributed by atoms with Gasteiger partial charge in [0.25, 0.3) is 6.43 Å². The van der Waals surface area contributed by atoms with Gasteiger partial charge in [0, 0.05) is 22.9 Å². The van der Waals surface area contributed by atoms with E-state index in [9.17, 15) is 13.2 Å². The van der Waals surface area contributed by atoms with E-state index >= 15 is 0 Å². The molecule has 1 unspecified atom stereocenters. The maximum atomic E-state index is 14.2. The quantitative estimate of drug-likeness (QED) is 0.406. The van der Waals surface area contributed by atoms with Crippen LogP contribution >= 0.6 is 11.3 Å². The molecule has 32 heavy (non-hydrogen) atoms. The van der Waals surface area contributed by atoms with Gasteiger partial charge in [0.15, 0.2) is 11.6 Å².